The van der Waals surface area contributed by atoms with Crippen LogP contribution in [0.2, 0.25) is 0 Å². The maximum absolute atomic E-state index is 12.0. The second-order valence-corrected chi connectivity index (χ2v) is 8.49. The van der Waals surface area contributed by atoms with Crippen molar-refractivity contribution in [1.82, 2.24) is 35.1 Å². The number of hydrogen-bond donors (Lipinski definition) is 3. The highest BCUT2D eigenvalue weighted by Gasteiger charge is 2.16. The van der Waals surface area contributed by atoms with Crippen LogP contribution in [-0.2, 0) is 4.79 Å². The number of H-pyrrole nitrogens is 2. The van der Waals surface area contributed by atoms with Gasteiger partial charge in [-0.05, 0) is 42.8 Å². The van der Waals surface area contributed by atoms with Crippen LogP contribution in [0.25, 0.3) is 55.7 Å². The Kier molecular flexibility index (Phi) is 5.42. The third kappa shape index (κ3) is 3.96. The fourth-order valence-corrected chi connectivity index (χ4v) is 4.29. The molecule has 36 heavy (non-hydrogen) atoms. The summed E-state index contributed by atoms with van der Waals surface area (Å²) in [5.41, 5.74) is 7.42. The number of nitrogens with zero attached hydrogens (tertiary/aromatic N) is 5. The molecular weight excluding hydrogens is 452 g/mol. The molecule has 0 bridgehead atoms. The largest absolute Gasteiger partial charge is 0.353 e. The van der Waals surface area contributed by atoms with Crippen molar-refractivity contribution in [2.24, 2.45) is 0 Å². The van der Waals surface area contributed by atoms with Gasteiger partial charge in [0, 0.05) is 58.6 Å². The molecule has 0 spiro atoms. The normalized spacial score (nSPS) is 11.2. The van der Waals surface area contributed by atoms with E-state index in [9.17, 15) is 4.79 Å². The lowest BCUT2D eigenvalue weighted by atomic mass is 10.1. The second kappa shape index (κ2) is 9.03. The second-order valence-electron chi connectivity index (χ2n) is 8.49. The molecule has 0 aromatic carbocycles. The molecule has 0 aliphatic heterocycles. The summed E-state index contributed by atoms with van der Waals surface area (Å²) in [6.07, 6.45) is 11.7. The SMILES string of the molecule is CCCC(=O)Nc1cncc(-c2cc3c(-c4cc5c(-c6cccnc6)nccc5[nH]4)n[nH]c3cn2)c1. The van der Waals surface area contributed by atoms with E-state index >= 15 is 0 Å². The molecule has 9 heteroatoms. The van der Waals surface area contributed by atoms with E-state index in [0.717, 1.165) is 62.1 Å². The summed E-state index contributed by atoms with van der Waals surface area (Å²) in [6.45, 7) is 1.97. The Morgan fingerprint density at radius 2 is 1.78 bits per heavy atom. The van der Waals surface area contributed by atoms with Crippen molar-refractivity contribution in [1.29, 1.82) is 0 Å². The molecule has 0 aliphatic rings. The molecule has 0 radical (unpaired) electrons. The summed E-state index contributed by atoms with van der Waals surface area (Å²) in [6, 6.07) is 11.8. The first-order valence-electron chi connectivity index (χ1n) is 11.7. The van der Waals surface area contributed by atoms with Crippen LogP contribution in [0.1, 0.15) is 19.8 Å². The van der Waals surface area contributed by atoms with Crippen LogP contribution in [0, 0.1) is 0 Å². The zero-order valence-electron chi connectivity index (χ0n) is 19.5. The number of aromatic amines is 2. The van der Waals surface area contributed by atoms with Gasteiger partial charge in [-0.15, -0.1) is 0 Å². The highest BCUT2D eigenvalue weighted by atomic mass is 16.1. The number of rotatable bonds is 6. The van der Waals surface area contributed by atoms with Gasteiger partial charge in [-0.3, -0.25) is 29.8 Å². The van der Waals surface area contributed by atoms with Gasteiger partial charge < -0.3 is 10.3 Å². The monoisotopic (exact) mass is 474 g/mol. The molecule has 3 N–H and O–H groups in total. The van der Waals surface area contributed by atoms with Crippen LogP contribution in [0.4, 0.5) is 5.69 Å². The van der Waals surface area contributed by atoms with Crippen molar-refractivity contribution in [2.45, 2.75) is 19.8 Å². The highest BCUT2D eigenvalue weighted by Crippen LogP contribution is 2.33. The van der Waals surface area contributed by atoms with Crippen LogP contribution < -0.4 is 5.32 Å². The van der Waals surface area contributed by atoms with Crippen LogP contribution in [0.5, 0.6) is 0 Å². The fraction of sp³-hybridized carbons (Fsp3) is 0.111. The molecule has 0 aliphatic carbocycles. The summed E-state index contributed by atoms with van der Waals surface area (Å²) in [5.74, 6) is -0.0315. The molecule has 0 saturated heterocycles. The molecule has 6 aromatic rings. The van der Waals surface area contributed by atoms with Gasteiger partial charge in [0.1, 0.15) is 5.69 Å². The van der Waals surface area contributed by atoms with E-state index in [1.165, 1.54) is 0 Å². The summed E-state index contributed by atoms with van der Waals surface area (Å²) in [4.78, 5) is 33.2. The van der Waals surface area contributed by atoms with E-state index in [1.54, 1.807) is 31.0 Å². The lowest BCUT2D eigenvalue weighted by Crippen LogP contribution is -2.10. The Morgan fingerprint density at radius 3 is 2.64 bits per heavy atom. The van der Waals surface area contributed by atoms with Gasteiger partial charge in [-0.1, -0.05) is 6.92 Å². The van der Waals surface area contributed by atoms with Crippen molar-refractivity contribution in [3.63, 3.8) is 0 Å². The van der Waals surface area contributed by atoms with Crippen molar-refractivity contribution in [3.8, 4) is 33.9 Å². The van der Waals surface area contributed by atoms with Gasteiger partial charge >= 0.3 is 0 Å². The first-order chi connectivity index (χ1) is 17.7. The third-order valence-electron chi connectivity index (χ3n) is 5.98. The van der Waals surface area contributed by atoms with Crippen LogP contribution in [-0.4, -0.2) is 41.0 Å². The molecule has 0 atom stereocenters. The quantitative estimate of drug-likeness (QED) is 0.298. The number of carbonyl (C=O) groups excluding carboxylic acids is 1. The number of hydrogen-bond acceptors (Lipinski definition) is 6. The summed E-state index contributed by atoms with van der Waals surface area (Å²) >= 11 is 0. The zero-order valence-corrected chi connectivity index (χ0v) is 19.5. The summed E-state index contributed by atoms with van der Waals surface area (Å²) < 4.78 is 0. The molecule has 0 saturated carbocycles. The van der Waals surface area contributed by atoms with Crippen molar-refractivity contribution < 1.29 is 4.79 Å². The first-order valence-corrected chi connectivity index (χ1v) is 11.7. The predicted octanol–water partition coefficient (Wildman–Crippen LogP) is 5.36. The van der Waals surface area contributed by atoms with E-state index in [2.05, 4.69) is 46.5 Å². The van der Waals surface area contributed by atoms with Gasteiger partial charge in [-0.25, -0.2) is 0 Å². The van der Waals surface area contributed by atoms with E-state index in [-0.39, 0.29) is 5.91 Å². The van der Waals surface area contributed by atoms with E-state index in [0.29, 0.717) is 12.1 Å². The molecule has 176 valence electrons. The minimum absolute atomic E-state index is 0.0315. The molecule has 9 nitrogen and oxygen atoms in total. The molecule has 0 unspecified atom stereocenters. The molecule has 6 rings (SSSR count). The Bertz CT molecular complexity index is 1700. The number of fused-ring (bicyclic) bond motifs is 2. The topological polar surface area (TPSA) is 125 Å². The Morgan fingerprint density at radius 1 is 0.889 bits per heavy atom. The maximum Gasteiger partial charge on any atom is 0.224 e. The standard InChI is InChI=1S/C27H22N8O/c1-2-4-25(36)32-18-9-17(13-29-14-18)22-10-20-24(15-31-22)34-35-27(20)23-11-19-21(33-23)6-8-30-26(19)16-5-3-7-28-12-16/h3,5-15,33H,2,4H2,1H3,(H,32,36)(H,34,35). The summed E-state index contributed by atoms with van der Waals surface area (Å²) in [5, 5.41) is 12.5. The van der Waals surface area contributed by atoms with Crippen molar-refractivity contribution in [2.75, 3.05) is 5.32 Å². The number of nitrogens with one attached hydrogen (secondary N) is 3. The van der Waals surface area contributed by atoms with Gasteiger partial charge in [0.25, 0.3) is 0 Å². The molecule has 0 fully saturated rings. The Labute approximate surface area is 206 Å². The van der Waals surface area contributed by atoms with Gasteiger partial charge in [0.15, 0.2) is 0 Å². The first kappa shape index (κ1) is 21.6. The van der Waals surface area contributed by atoms with Crippen molar-refractivity contribution >= 4 is 33.4 Å². The van der Waals surface area contributed by atoms with Crippen LogP contribution >= 0.6 is 0 Å². The lowest BCUT2D eigenvalue weighted by Gasteiger charge is -2.06. The molecule has 6 aromatic heterocycles. The number of carbonyl (C=O) groups is 1. The van der Waals surface area contributed by atoms with Crippen LogP contribution in [0.15, 0.2) is 73.6 Å². The smallest absolute Gasteiger partial charge is 0.224 e. The van der Waals surface area contributed by atoms with E-state index in [4.69, 9.17) is 0 Å². The third-order valence-corrected chi connectivity index (χ3v) is 5.98. The summed E-state index contributed by atoms with van der Waals surface area (Å²) in [7, 11) is 0. The van der Waals surface area contributed by atoms with Crippen LogP contribution in [0.3, 0.4) is 0 Å². The Hall–Kier alpha value is -4.92. The Balaban J connectivity index is 1.40. The van der Waals surface area contributed by atoms with E-state index in [1.807, 2.05) is 43.5 Å². The number of anilines is 1. The zero-order chi connectivity index (χ0) is 24.5. The number of pyridine rings is 4. The molecular formula is C27H22N8O. The number of aromatic nitrogens is 7. The van der Waals surface area contributed by atoms with Crippen molar-refractivity contribution in [3.05, 3.63) is 73.6 Å². The van der Waals surface area contributed by atoms with E-state index < -0.39 is 0 Å². The molecule has 1 amide bonds. The lowest BCUT2D eigenvalue weighted by molar-refractivity contribution is -0.116. The number of amides is 1. The fourth-order valence-electron chi connectivity index (χ4n) is 4.29. The highest BCUT2D eigenvalue weighted by molar-refractivity contribution is 6.00. The maximum atomic E-state index is 12.0. The van der Waals surface area contributed by atoms with Gasteiger partial charge in [-0.2, -0.15) is 5.10 Å². The van der Waals surface area contributed by atoms with Gasteiger partial charge in [0.05, 0.1) is 40.7 Å². The minimum atomic E-state index is -0.0315. The average Bonchev–Trinajstić information content (AvgIpc) is 3.53. The van der Waals surface area contributed by atoms with Gasteiger partial charge in [0.2, 0.25) is 5.91 Å². The molecule has 6 heterocycles. The minimum Gasteiger partial charge on any atom is -0.353 e. The predicted molar refractivity (Wildman–Crippen MR) is 139 cm³/mol. The average molecular weight is 475 g/mol.